The van der Waals surface area contributed by atoms with Crippen molar-refractivity contribution < 1.29 is 15.1 Å². The number of aliphatic hydroxyl groups excluding tert-OH is 1. The van der Waals surface area contributed by atoms with Gasteiger partial charge in [-0.15, -0.1) is 0 Å². The van der Waals surface area contributed by atoms with Gasteiger partial charge in [-0.25, -0.2) is 5.06 Å². The Morgan fingerprint density at radius 1 is 1.08 bits per heavy atom. The van der Waals surface area contributed by atoms with Crippen LogP contribution in [0.3, 0.4) is 0 Å². The molecule has 2 aromatic rings. The van der Waals surface area contributed by atoms with Crippen LogP contribution >= 0.6 is 0 Å². The van der Waals surface area contributed by atoms with E-state index in [1.807, 2.05) is 47.4 Å². The first kappa shape index (κ1) is 18.3. The van der Waals surface area contributed by atoms with Crippen LogP contribution in [0.1, 0.15) is 23.6 Å². The first-order valence-corrected chi connectivity index (χ1v) is 8.76. The van der Waals surface area contributed by atoms with E-state index in [2.05, 4.69) is 24.3 Å². The molecule has 2 atom stereocenters. The van der Waals surface area contributed by atoms with Crippen LogP contribution in [-0.2, 0) is 11.3 Å². The van der Waals surface area contributed by atoms with Crippen molar-refractivity contribution in [1.29, 1.82) is 0 Å². The lowest BCUT2D eigenvalue weighted by molar-refractivity contribution is -0.184. The first-order valence-electron chi connectivity index (χ1n) is 8.76. The number of hydrogen-bond donors (Lipinski definition) is 2. The van der Waals surface area contributed by atoms with Gasteiger partial charge in [0.05, 0.1) is 25.2 Å². The van der Waals surface area contributed by atoms with Gasteiger partial charge in [0.25, 0.3) is 5.91 Å². The third kappa shape index (κ3) is 4.58. The van der Waals surface area contributed by atoms with E-state index in [-0.39, 0.29) is 25.0 Å². The molecule has 0 saturated carbocycles. The summed E-state index contributed by atoms with van der Waals surface area (Å²) >= 11 is 0. The average molecular weight is 352 g/mol. The fourth-order valence-electron chi connectivity index (χ4n) is 3.12. The van der Waals surface area contributed by atoms with E-state index in [0.29, 0.717) is 11.6 Å². The quantitative estimate of drug-likeness (QED) is 0.641. The van der Waals surface area contributed by atoms with Crippen molar-refractivity contribution in [1.82, 2.24) is 9.96 Å². The van der Waals surface area contributed by atoms with E-state index >= 15 is 0 Å². The molecule has 26 heavy (non-hydrogen) atoms. The van der Waals surface area contributed by atoms with Gasteiger partial charge >= 0.3 is 0 Å². The van der Waals surface area contributed by atoms with Gasteiger partial charge in [-0.2, -0.15) is 0 Å². The van der Waals surface area contributed by atoms with Crippen molar-refractivity contribution in [3.05, 3.63) is 71.3 Å². The fraction of sp³-hybridized carbons (Fsp3) is 0.286. The summed E-state index contributed by atoms with van der Waals surface area (Å²) in [5.74, 6) is -0.343. The summed E-state index contributed by atoms with van der Waals surface area (Å²) < 4.78 is 0. The molecule has 2 aromatic carbocycles. The molecule has 0 unspecified atom stereocenters. The van der Waals surface area contributed by atoms with Gasteiger partial charge in [-0.1, -0.05) is 66.7 Å². The summed E-state index contributed by atoms with van der Waals surface area (Å²) in [6.07, 6.45) is 3.49. The van der Waals surface area contributed by atoms with Crippen LogP contribution in [-0.4, -0.2) is 51.4 Å². The first-order chi connectivity index (χ1) is 12.5. The van der Waals surface area contributed by atoms with Crippen molar-refractivity contribution >= 4 is 18.1 Å². The van der Waals surface area contributed by atoms with Gasteiger partial charge in [-0.05, 0) is 23.6 Å². The number of aliphatic hydroxyl groups is 1. The molecule has 1 fully saturated rings. The molecule has 0 aromatic heterocycles. The van der Waals surface area contributed by atoms with E-state index in [1.54, 1.807) is 6.92 Å². The SMILES string of the molecule is C[C@@H](O)[C@H]1CN(O)C(=O)CN1Cc1ccc(C=Cc2ccccc2)cc1. The van der Waals surface area contributed by atoms with Crippen LogP contribution in [0.15, 0.2) is 54.6 Å². The number of hydrogen-bond acceptors (Lipinski definition) is 4. The van der Waals surface area contributed by atoms with Crippen LogP contribution in [0.4, 0.5) is 0 Å². The molecule has 5 heteroatoms. The Labute approximate surface area is 153 Å². The molecular weight excluding hydrogens is 328 g/mol. The average Bonchev–Trinajstić information content (AvgIpc) is 2.64. The molecule has 0 radical (unpaired) electrons. The van der Waals surface area contributed by atoms with Gasteiger partial charge in [-0.3, -0.25) is 14.9 Å². The predicted molar refractivity (Wildman–Crippen MR) is 101 cm³/mol. The maximum absolute atomic E-state index is 11.8. The van der Waals surface area contributed by atoms with Crippen molar-refractivity contribution in [2.75, 3.05) is 13.1 Å². The lowest BCUT2D eigenvalue weighted by Crippen LogP contribution is -2.58. The largest absolute Gasteiger partial charge is 0.392 e. The number of nitrogens with zero attached hydrogens (tertiary/aromatic N) is 2. The van der Waals surface area contributed by atoms with E-state index in [9.17, 15) is 15.1 Å². The number of piperazine rings is 1. The second kappa shape index (κ2) is 8.27. The third-order valence-electron chi connectivity index (χ3n) is 4.65. The minimum Gasteiger partial charge on any atom is -0.392 e. The Kier molecular flexibility index (Phi) is 5.83. The van der Waals surface area contributed by atoms with Crippen LogP contribution in [0, 0.1) is 0 Å². The van der Waals surface area contributed by atoms with Crippen LogP contribution < -0.4 is 0 Å². The highest BCUT2D eigenvalue weighted by Crippen LogP contribution is 2.18. The highest BCUT2D eigenvalue weighted by atomic mass is 16.5. The Morgan fingerprint density at radius 3 is 2.31 bits per heavy atom. The molecular formula is C21H24N2O3. The molecule has 1 saturated heterocycles. The van der Waals surface area contributed by atoms with E-state index in [4.69, 9.17) is 0 Å². The van der Waals surface area contributed by atoms with Crippen LogP contribution in [0.5, 0.6) is 0 Å². The zero-order chi connectivity index (χ0) is 18.5. The lowest BCUT2D eigenvalue weighted by Gasteiger charge is -2.39. The monoisotopic (exact) mass is 352 g/mol. The number of hydroxylamine groups is 2. The molecule has 1 aliphatic rings. The summed E-state index contributed by atoms with van der Waals surface area (Å²) in [6, 6.07) is 18.0. The molecule has 1 amide bonds. The molecule has 1 aliphatic heterocycles. The summed E-state index contributed by atoms with van der Waals surface area (Å²) in [5, 5.41) is 20.3. The van der Waals surface area contributed by atoms with Crippen molar-refractivity contribution in [3.8, 4) is 0 Å². The summed E-state index contributed by atoms with van der Waals surface area (Å²) in [4.78, 5) is 13.7. The van der Waals surface area contributed by atoms with Crippen molar-refractivity contribution in [2.24, 2.45) is 0 Å². The standard InChI is InChI=1S/C21H24N2O3/c1-16(24)20-14-23(26)21(25)15-22(20)13-19-11-9-18(10-12-19)8-7-17-5-3-2-4-6-17/h2-12,16,20,24,26H,13-15H2,1H3/t16-,20-/m1/s1. The zero-order valence-corrected chi connectivity index (χ0v) is 14.8. The molecule has 1 heterocycles. The van der Waals surface area contributed by atoms with Gasteiger partial charge in [0.2, 0.25) is 0 Å². The molecule has 3 rings (SSSR count). The van der Waals surface area contributed by atoms with Gasteiger partial charge in [0.15, 0.2) is 0 Å². The second-order valence-electron chi connectivity index (χ2n) is 6.67. The van der Waals surface area contributed by atoms with Crippen molar-refractivity contribution in [2.45, 2.75) is 25.6 Å². The Balaban J connectivity index is 1.66. The Morgan fingerprint density at radius 2 is 1.69 bits per heavy atom. The Hall–Kier alpha value is -2.47. The van der Waals surface area contributed by atoms with E-state index in [1.165, 1.54) is 0 Å². The number of carbonyl (C=O) groups excluding carboxylic acids is 1. The molecule has 2 N–H and O–H groups in total. The topological polar surface area (TPSA) is 64.0 Å². The molecule has 5 nitrogen and oxygen atoms in total. The van der Waals surface area contributed by atoms with Gasteiger partial charge < -0.3 is 5.11 Å². The normalized spacial score (nSPS) is 19.9. The smallest absolute Gasteiger partial charge is 0.260 e. The van der Waals surface area contributed by atoms with E-state index < -0.39 is 6.10 Å². The molecule has 136 valence electrons. The number of benzene rings is 2. The maximum atomic E-state index is 11.8. The number of rotatable bonds is 5. The zero-order valence-electron chi connectivity index (χ0n) is 14.8. The molecule has 0 aliphatic carbocycles. The van der Waals surface area contributed by atoms with Crippen LogP contribution in [0.25, 0.3) is 12.2 Å². The highest BCUT2D eigenvalue weighted by molar-refractivity contribution is 5.78. The molecule has 0 spiro atoms. The van der Waals surface area contributed by atoms with Crippen LogP contribution in [0.2, 0.25) is 0 Å². The summed E-state index contributed by atoms with van der Waals surface area (Å²) in [7, 11) is 0. The molecule has 0 bridgehead atoms. The summed E-state index contributed by atoms with van der Waals surface area (Å²) in [6.45, 7) is 2.45. The van der Waals surface area contributed by atoms with Crippen molar-refractivity contribution in [3.63, 3.8) is 0 Å². The predicted octanol–water partition coefficient (Wildman–Crippen LogP) is 2.64. The fourth-order valence-corrected chi connectivity index (χ4v) is 3.12. The Bertz CT molecular complexity index is 757. The number of carbonyl (C=O) groups is 1. The van der Waals surface area contributed by atoms with Gasteiger partial charge in [0, 0.05) is 6.54 Å². The van der Waals surface area contributed by atoms with Gasteiger partial charge in [0.1, 0.15) is 0 Å². The number of amides is 1. The minimum atomic E-state index is -0.633. The van der Waals surface area contributed by atoms with E-state index in [0.717, 1.165) is 16.7 Å². The second-order valence-corrected chi connectivity index (χ2v) is 6.67. The maximum Gasteiger partial charge on any atom is 0.260 e. The summed E-state index contributed by atoms with van der Waals surface area (Å²) in [5.41, 5.74) is 3.31. The minimum absolute atomic E-state index is 0.0989. The third-order valence-corrected chi connectivity index (χ3v) is 4.65. The lowest BCUT2D eigenvalue weighted by atomic mass is 10.0. The highest BCUT2D eigenvalue weighted by Gasteiger charge is 2.34.